The summed E-state index contributed by atoms with van der Waals surface area (Å²) in [4.78, 5) is 22.8. The number of unbranched alkanes of at least 4 members (excludes halogenated alkanes) is 1. The van der Waals surface area contributed by atoms with E-state index in [1.165, 1.54) is 19.4 Å². The molecule has 0 radical (unpaired) electrons. The Morgan fingerprint density at radius 1 is 1.04 bits per heavy atom. The third kappa shape index (κ3) is 14.2. The van der Waals surface area contributed by atoms with Gasteiger partial charge >= 0.3 is 11.9 Å². The minimum absolute atomic E-state index is 0.217. The van der Waals surface area contributed by atoms with E-state index in [2.05, 4.69) is 38.6 Å². The molecule has 0 aliphatic carbocycles. The van der Waals surface area contributed by atoms with Gasteiger partial charge in [-0.2, -0.15) is 0 Å². The summed E-state index contributed by atoms with van der Waals surface area (Å²) >= 11 is 0. The number of ether oxygens (including phenoxy) is 3. The molecule has 0 spiro atoms. The number of esters is 2. The van der Waals surface area contributed by atoms with E-state index in [0.717, 1.165) is 31.4 Å². The molecule has 0 amide bonds. The van der Waals surface area contributed by atoms with Crippen LogP contribution in [0.25, 0.3) is 0 Å². The molecule has 7 heteroatoms. The van der Waals surface area contributed by atoms with Crippen molar-refractivity contribution in [3.63, 3.8) is 0 Å². The Morgan fingerprint density at radius 2 is 1.63 bits per heavy atom. The molecule has 0 aromatic heterocycles. The van der Waals surface area contributed by atoms with E-state index in [1.54, 1.807) is 6.92 Å². The van der Waals surface area contributed by atoms with Gasteiger partial charge in [0.05, 0.1) is 32.7 Å². The smallest absolute Gasteiger partial charge is 0.333 e. The van der Waals surface area contributed by atoms with Gasteiger partial charge in [-0.25, -0.2) is 9.59 Å². The molecule has 0 rings (SSSR count). The second kappa shape index (κ2) is 12.7. The highest BCUT2D eigenvalue weighted by Gasteiger charge is 2.32. The van der Waals surface area contributed by atoms with Gasteiger partial charge in [-0.05, 0) is 59.2 Å². The Morgan fingerprint density at radius 3 is 2.19 bits per heavy atom. The van der Waals surface area contributed by atoms with Crippen molar-refractivity contribution in [3.8, 4) is 0 Å². The molecular weight excluding hydrogens is 364 g/mol. The van der Waals surface area contributed by atoms with Crippen molar-refractivity contribution in [2.24, 2.45) is 0 Å². The molecule has 0 aromatic rings. The van der Waals surface area contributed by atoms with Gasteiger partial charge in [-0.3, -0.25) is 0 Å². The minimum atomic E-state index is -1.97. The highest BCUT2D eigenvalue weighted by molar-refractivity contribution is 6.72. The highest BCUT2D eigenvalue weighted by atomic mass is 28.4. The van der Waals surface area contributed by atoms with Crippen molar-refractivity contribution in [3.05, 3.63) is 24.5 Å². The predicted octanol–water partition coefficient (Wildman–Crippen LogP) is 4.37. The summed E-state index contributed by atoms with van der Waals surface area (Å²) in [6.07, 6.45) is 5.04. The first-order valence-electron chi connectivity index (χ1n) is 9.38. The van der Waals surface area contributed by atoms with Gasteiger partial charge in [0.2, 0.25) is 0 Å². The van der Waals surface area contributed by atoms with Crippen molar-refractivity contribution in [1.29, 1.82) is 0 Å². The van der Waals surface area contributed by atoms with Gasteiger partial charge in [0.25, 0.3) is 0 Å². The van der Waals surface area contributed by atoms with E-state index in [9.17, 15) is 9.59 Å². The van der Waals surface area contributed by atoms with Crippen molar-refractivity contribution in [2.45, 2.75) is 71.2 Å². The molecule has 0 aromatic carbocycles. The van der Waals surface area contributed by atoms with Crippen molar-refractivity contribution in [1.82, 2.24) is 0 Å². The van der Waals surface area contributed by atoms with E-state index < -0.39 is 14.3 Å². The fourth-order valence-corrected chi connectivity index (χ4v) is 6.47. The summed E-state index contributed by atoms with van der Waals surface area (Å²) < 4.78 is 21.4. The number of hydrogen-bond donors (Lipinski definition) is 0. The Labute approximate surface area is 165 Å². The Bertz CT molecular complexity index is 509. The number of hydrogen-bond acceptors (Lipinski definition) is 6. The molecular formula is C20H36O6Si. The normalized spacial score (nSPS) is 13.9. The maximum absolute atomic E-state index is 11.4. The van der Waals surface area contributed by atoms with Gasteiger partial charge in [0.15, 0.2) is 8.32 Å². The monoisotopic (exact) mass is 400 g/mol. The van der Waals surface area contributed by atoms with Gasteiger partial charge in [-0.1, -0.05) is 13.0 Å². The fourth-order valence-electron chi connectivity index (χ4n) is 2.65. The number of methoxy groups -OCH3 is 1. The van der Waals surface area contributed by atoms with Crippen LogP contribution < -0.4 is 0 Å². The molecule has 1 atom stereocenters. The van der Waals surface area contributed by atoms with Crippen LogP contribution in [0.5, 0.6) is 0 Å². The van der Waals surface area contributed by atoms with E-state index in [4.69, 9.17) is 13.9 Å². The van der Waals surface area contributed by atoms with Crippen LogP contribution in [0, 0.1) is 0 Å². The van der Waals surface area contributed by atoms with Crippen LogP contribution in [0.2, 0.25) is 18.6 Å². The number of carbonyl (C=O) groups excluding carboxylic acids is 2. The Balaban J connectivity index is 4.38. The van der Waals surface area contributed by atoms with Crippen LogP contribution in [0.3, 0.4) is 0 Å². The van der Waals surface area contributed by atoms with Crippen LogP contribution in [0.1, 0.15) is 47.0 Å². The van der Waals surface area contributed by atoms with Crippen LogP contribution in [-0.2, 0) is 28.2 Å². The van der Waals surface area contributed by atoms with Crippen molar-refractivity contribution < 1.29 is 28.2 Å². The maximum atomic E-state index is 11.4. The molecule has 0 bridgehead atoms. The molecule has 1 unspecified atom stereocenters. The quantitative estimate of drug-likeness (QED) is 0.150. The topological polar surface area (TPSA) is 71.1 Å². The fraction of sp³-hybridized carbons (Fsp3) is 0.700. The summed E-state index contributed by atoms with van der Waals surface area (Å²) in [5.41, 5.74) is 0.200. The zero-order chi connectivity index (χ0) is 20.9. The lowest BCUT2D eigenvalue weighted by atomic mass is 10.2. The molecule has 0 saturated heterocycles. The molecule has 0 saturated carbocycles. The standard InChI is InChI=1S/C20H36O6Si/c1-17(2)19(22)25-12-8-9-15-27(7,26-20(3,4)5)16-10-13-24-18(21)11-14-23-6/h11,14H,1,8-10,12-13,15-16H2,2-7H3. The van der Waals surface area contributed by atoms with Gasteiger partial charge in [0.1, 0.15) is 0 Å². The van der Waals surface area contributed by atoms with Crippen LogP contribution in [-0.4, -0.2) is 46.2 Å². The van der Waals surface area contributed by atoms with Gasteiger partial charge in [0, 0.05) is 11.2 Å². The average molecular weight is 401 g/mol. The highest BCUT2D eigenvalue weighted by Crippen LogP contribution is 2.27. The zero-order valence-corrected chi connectivity index (χ0v) is 18.8. The van der Waals surface area contributed by atoms with Crippen LogP contribution in [0.15, 0.2) is 24.5 Å². The summed E-state index contributed by atoms with van der Waals surface area (Å²) in [7, 11) is -0.497. The summed E-state index contributed by atoms with van der Waals surface area (Å²) in [5.74, 6) is -0.749. The largest absolute Gasteiger partial charge is 0.504 e. The third-order valence-electron chi connectivity index (χ3n) is 3.67. The van der Waals surface area contributed by atoms with E-state index in [1.807, 2.05) is 0 Å². The minimum Gasteiger partial charge on any atom is -0.504 e. The molecule has 6 nitrogen and oxygen atoms in total. The lowest BCUT2D eigenvalue weighted by Gasteiger charge is -2.35. The van der Waals surface area contributed by atoms with Crippen LogP contribution in [0.4, 0.5) is 0 Å². The first-order chi connectivity index (χ1) is 12.5. The Kier molecular flexibility index (Phi) is 12.0. The second-order valence-corrected chi connectivity index (χ2v) is 12.0. The first kappa shape index (κ1) is 25.4. The SMILES string of the molecule is C=C(C)C(=O)OCCCC[Si](C)(CCCOC(=O)C=COC)OC(C)(C)C. The molecule has 0 fully saturated rings. The summed E-state index contributed by atoms with van der Waals surface area (Å²) in [6, 6.07) is 1.86. The van der Waals surface area contributed by atoms with Gasteiger partial charge < -0.3 is 18.6 Å². The summed E-state index contributed by atoms with van der Waals surface area (Å²) in [5, 5.41) is 0. The van der Waals surface area contributed by atoms with E-state index in [-0.39, 0.29) is 11.6 Å². The number of carbonyl (C=O) groups is 2. The van der Waals surface area contributed by atoms with E-state index in [0.29, 0.717) is 18.8 Å². The predicted molar refractivity (Wildman–Crippen MR) is 109 cm³/mol. The molecule has 0 aliphatic heterocycles. The first-order valence-corrected chi connectivity index (χ1v) is 12.2. The summed E-state index contributed by atoms with van der Waals surface area (Å²) in [6.45, 7) is 14.4. The maximum Gasteiger partial charge on any atom is 0.333 e. The average Bonchev–Trinajstić information content (AvgIpc) is 2.54. The van der Waals surface area contributed by atoms with E-state index >= 15 is 0 Å². The van der Waals surface area contributed by atoms with Crippen molar-refractivity contribution >= 4 is 20.3 Å². The second-order valence-electron chi connectivity index (χ2n) is 7.85. The molecule has 0 heterocycles. The molecule has 27 heavy (non-hydrogen) atoms. The van der Waals surface area contributed by atoms with Gasteiger partial charge in [-0.15, -0.1) is 0 Å². The Hall–Kier alpha value is -1.60. The molecule has 0 aliphatic rings. The number of rotatable bonds is 13. The third-order valence-corrected chi connectivity index (χ3v) is 7.60. The van der Waals surface area contributed by atoms with Crippen LogP contribution >= 0.6 is 0 Å². The lowest BCUT2D eigenvalue weighted by Crippen LogP contribution is -2.42. The lowest BCUT2D eigenvalue weighted by molar-refractivity contribution is -0.139. The van der Waals surface area contributed by atoms with Crippen molar-refractivity contribution in [2.75, 3.05) is 20.3 Å². The zero-order valence-electron chi connectivity index (χ0n) is 17.8. The molecule has 0 N–H and O–H groups in total. The molecule has 156 valence electrons.